The van der Waals surface area contributed by atoms with Crippen molar-refractivity contribution in [2.24, 2.45) is 5.73 Å². The van der Waals surface area contributed by atoms with Gasteiger partial charge in [0, 0.05) is 0 Å². The molecule has 0 aliphatic carbocycles. The van der Waals surface area contributed by atoms with Crippen molar-refractivity contribution in [3.8, 4) is 5.75 Å². The fourth-order valence-corrected chi connectivity index (χ4v) is 1.48. The number of rotatable bonds is 5. The highest BCUT2D eigenvalue weighted by Gasteiger charge is 2.41. The maximum absolute atomic E-state index is 12.1. The Morgan fingerprint density at radius 2 is 2.00 bits per heavy atom. The summed E-state index contributed by atoms with van der Waals surface area (Å²) in [5, 5.41) is 9.04. The number of carbonyl (C=O) groups is 2. The molecule has 0 amide bonds. The van der Waals surface area contributed by atoms with Gasteiger partial charge < -0.3 is 15.6 Å². The lowest BCUT2D eigenvalue weighted by Gasteiger charge is -2.22. The molecule has 0 heterocycles. The molecule has 0 spiro atoms. The molecule has 1 atom stereocenters. The van der Waals surface area contributed by atoms with Crippen molar-refractivity contribution in [1.82, 2.24) is 0 Å². The molecule has 0 aliphatic heterocycles. The van der Waals surface area contributed by atoms with E-state index >= 15 is 0 Å². The van der Waals surface area contributed by atoms with Gasteiger partial charge in [-0.3, -0.25) is 4.79 Å². The average Bonchev–Trinajstić information content (AvgIpc) is 2.36. The Hall–Kier alpha value is -1.88. The molecular formula is C12H15NO4. The fourth-order valence-electron chi connectivity index (χ4n) is 1.48. The Morgan fingerprint density at radius 1 is 1.41 bits per heavy atom. The Morgan fingerprint density at radius 3 is 2.47 bits per heavy atom. The highest BCUT2D eigenvalue weighted by molar-refractivity contribution is 6.16. The topological polar surface area (TPSA) is 89.6 Å². The molecule has 5 nitrogen and oxygen atoms in total. The molecular weight excluding hydrogens is 222 g/mol. The third-order valence-electron chi connectivity index (χ3n) is 2.70. The van der Waals surface area contributed by atoms with Gasteiger partial charge in [0.15, 0.2) is 11.3 Å². The van der Waals surface area contributed by atoms with Gasteiger partial charge in [-0.2, -0.15) is 0 Å². The zero-order chi connectivity index (χ0) is 13.1. The fraction of sp³-hybridized carbons (Fsp3) is 0.333. The van der Waals surface area contributed by atoms with Crippen LogP contribution in [0.15, 0.2) is 24.3 Å². The van der Waals surface area contributed by atoms with Crippen molar-refractivity contribution >= 4 is 11.8 Å². The average molecular weight is 237 g/mol. The predicted molar refractivity (Wildman–Crippen MR) is 62.2 cm³/mol. The van der Waals surface area contributed by atoms with Crippen LogP contribution in [0.25, 0.3) is 0 Å². The maximum Gasteiger partial charge on any atom is 0.331 e. The normalized spacial score (nSPS) is 13.8. The summed E-state index contributed by atoms with van der Waals surface area (Å²) < 4.78 is 5.02. The van der Waals surface area contributed by atoms with Gasteiger partial charge in [-0.15, -0.1) is 0 Å². The van der Waals surface area contributed by atoms with Crippen molar-refractivity contribution in [3.63, 3.8) is 0 Å². The Labute approximate surface area is 99.2 Å². The third-order valence-corrected chi connectivity index (χ3v) is 2.70. The second-order valence-corrected chi connectivity index (χ2v) is 3.66. The number of methoxy groups -OCH3 is 1. The first-order valence-electron chi connectivity index (χ1n) is 5.17. The Kier molecular flexibility index (Phi) is 3.85. The SMILES string of the molecule is CCC(N)(C(=O)O)C(=O)c1ccccc1OC. The summed E-state index contributed by atoms with van der Waals surface area (Å²) in [6.45, 7) is 1.56. The molecule has 0 saturated heterocycles. The second-order valence-electron chi connectivity index (χ2n) is 3.66. The number of ketones is 1. The highest BCUT2D eigenvalue weighted by atomic mass is 16.5. The summed E-state index contributed by atoms with van der Waals surface area (Å²) in [7, 11) is 1.41. The van der Waals surface area contributed by atoms with Crippen molar-refractivity contribution in [2.45, 2.75) is 18.9 Å². The number of Topliss-reactive ketones (excluding diaryl/α,β-unsaturated/α-hetero) is 1. The molecule has 1 unspecified atom stereocenters. The largest absolute Gasteiger partial charge is 0.496 e. The van der Waals surface area contributed by atoms with Gasteiger partial charge in [-0.25, -0.2) is 4.79 Å². The van der Waals surface area contributed by atoms with E-state index in [1.807, 2.05) is 0 Å². The van der Waals surface area contributed by atoms with E-state index in [1.165, 1.54) is 13.2 Å². The number of benzene rings is 1. The smallest absolute Gasteiger partial charge is 0.331 e. The van der Waals surface area contributed by atoms with Crippen LogP contribution >= 0.6 is 0 Å². The van der Waals surface area contributed by atoms with E-state index in [0.29, 0.717) is 5.75 Å². The quantitative estimate of drug-likeness (QED) is 0.590. The van der Waals surface area contributed by atoms with Gasteiger partial charge in [-0.1, -0.05) is 19.1 Å². The molecule has 3 N–H and O–H groups in total. The lowest BCUT2D eigenvalue weighted by Crippen LogP contribution is -2.54. The molecule has 1 rings (SSSR count). The van der Waals surface area contributed by atoms with Crippen LogP contribution in [0.1, 0.15) is 23.7 Å². The molecule has 1 aromatic carbocycles. The van der Waals surface area contributed by atoms with Gasteiger partial charge in [0.25, 0.3) is 0 Å². The summed E-state index contributed by atoms with van der Waals surface area (Å²) in [4.78, 5) is 23.2. The van der Waals surface area contributed by atoms with Crippen molar-refractivity contribution in [1.29, 1.82) is 0 Å². The maximum atomic E-state index is 12.1. The summed E-state index contributed by atoms with van der Waals surface area (Å²) in [6, 6.07) is 6.42. The van der Waals surface area contributed by atoms with Gasteiger partial charge in [0.05, 0.1) is 12.7 Å². The summed E-state index contributed by atoms with van der Waals surface area (Å²) in [5.41, 5.74) is 3.91. The van der Waals surface area contributed by atoms with Crippen molar-refractivity contribution < 1.29 is 19.4 Å². The van der Waals surface area contributed by atoms with Crippen LogP contribution in [0, 0.1) is 0 Å². The molecule has 0 fully saturated rings. The number of ether oxygens (including phenoxy) is 1. The van der Waals surface area contributed by atoms with Crippen LogP contribution in [0.3, 0.4) is 0 Å². The van der Waals surface area contributed by atoms with E-state index in [0.717, 1.165) is 0 Å². The van der Waals surface area contributed by atoms with Crippen LogP contribution in [0.4, 0.5) is 0 Å². The van der Waals surface area contributed by atoms with E-state index in [9.17, 15) is 9.59 Å². The molecule has 92 valence electrons. The number of para-hydroxylation sites is 1. The number of hydrogen-bond acceptors (Lipinski definition) is 4. The monoisotopic (exact) mass is 237 g/mol. The van der Waals surface area contributed by atoms with Crippen molar-refractivity contribution in [2.75, 3.05) is 7.11 Å². The first-order valence-corrected chi connectivity index (χ1v) is 5.17. The van der Waals surface area contributed by atoms with E-state index in [4.69, 9.17) is 15.6 Å². The summed E-state index contributed by atoms with van der Waals surface area (Å²) in [5.74, 6) is -1.66. The standard InChI is InChI=1S/C12H15NO4/c1-3-12(13,11(15)16)10(14)8-6-4-5-7-9(8)17-2/h4-7H,3,13H2,1-2H3,(H,15,16). The number of nitrogens with two attached hydrogens (primary N) is 1. The first kappa shape index (κ1) is 13.2. The molecule has 1 aromatic rings. The van der Waals surface area contributed by atoms with E-state index in [2.05, 4.69) is 0 Å². The Balaban J connectivity index is 3.24. The summed E-state index contributed by atoms with van der Waals surface area (Å²) in [6.07, 6.45) is 0.0131. The highest BCUT2D eigenvalue weighted by Crippen LogP contribution is 2.23. The zero-order valence-corrected chi connectivity index (χ0v) is 9.77. The first-order chi connectivity index (χ1) is 7.97. The molecule has 0 aromatic heterocycles. The van der Waals surface area contributed by atoms with Gasteiger partial charge in [0.1, 0.15) is 5.75 Å². The number of aliphatic carboxylic acids is 1. The van der Waals surface area contributed by atoms with Gasteiger partial charge in [0.2, 0.25) is 0 Å². The van der Waals surface area contributed by atoms with Gasteiger partial charge in [-0.05, 0) is 18.6 Å². The summed E-state index contributed by atoms with van der Waals surface area (Å²) >= 11 is 0. The zero-order valence-electron chi connectivity index (χ0n) is 9.77. The molecule has 0 aliphatic rings. The number of carboxylic acid groups (broad SMARTS) is 1. The number of carboxylic acids is 1. The van der Waals surface area contributed by atoms with Crippen LogP contribution in [0.5, 0.6) is 5.75 Å². The lowest BCUT2D eigenvalue weighted by molar-refractivity contribution is -0.141. The minimum Gasteiger partial charge on any atom is -0.496 e. The van der Waals surface area contributed by atoms with Crippen LogP contribution < -0.4 is 10.5 Å². The van der Waals surface area contributed by atoms with Crippen LogP contribution in [0.2, 0.25) is 0 Å². The minimum absolute atomic E-state index is 0.0131. The minimum atomic E-state index is -1.91. The lowest BCUT2D eigenvalue weighted by atomic mass is 9.87. The Bertz CT molecular complexity index is 444. The van der Waals surface area contributed by atoms with E-state index < -0.39 is 17.3 Å². The van der Waals surface area contributed by atoms with Gasteiger partial charge >= 0.3 is 5.97 Å². The molecule has 5 heteroatoms. The second kappa shape index (κ2) is 4.97. The van der Waals surface area contributed by atoms with Crippen LogP contribution in [-0.4, -0.2) is 29.5 Å². The van der Waals surface area contributed by atoms with Crippen molar-refractivity contribution in [3.05, 3.63) is 29.8 Å². The van der Waals surface area contributed by atoms with Crippen LogP contribution in [-0.2, 0) is 4.79 Å². The molecule has 0 bridgehead atoms. The van der Waals surface area contributed by atoms with E-state index in [-0.39, 0.29) is 12.0 Å². The molecule has 0 saturated carbocycles. The molecule has 17 heavy (non-hydrogen) atoms. The third kappa shape index (κ3) is 2.29. The predicted octanol–water partition coefficient (Wildman–Crippen LogP) is 1.07. The van der Waals surface area contributed by atoms with E-state index in [1.54, 1.807) is 25.1 Å². The number of carbonyl (C=O) groups excluding carboxylic acids is 1. The number of hydrogen-bond donors (Lipinski definition) is 2. The molecule has 0 radical (unpaired) electrons.